The molecule has 1 amide bonds. The molecule has 1 atom stereocenters. The first kappa shape index (κ1) is 24.8. The maximum absolute atomic E-state index is 14.2. The Morgan fingerprint density at radius 2 is 1.74 bits per heavy atom. The average Bonchev–Trinajstić information content (AvgIpc) is 3.12. The number of carbonyl (C=O) groups is 1. The first-order chi connectivity index (χ1) is 15.6. The molecule has 0 aliphatic carbocycles. The molecule has 0 aromatic heterocycles. The van der Waals surface area contributed by atoms with Crippen molar-refractivity contribution in [1.82, 2.24) is 10.8 Å². The van der Waals surface area contributed by atoms with Gasteiger partial charge in [0.05, 0.1) is 22.7 Å². The Labute approximate surface area is 203 Å². The van der Waals surface area contributed by atoms with E-state index in [0.29, 0.717) is 11.1 Å². The lowest BCUT2D eigenvalue weighted by Crippen LogP contribution is -2.63. The van der Waals surface area contributed by atoms with Crippen molar-refractivity contribution in [3.8, 4) is 0 Å². The zero-order valence-electron chi connectivity index (χ0n) is 17.9. The second kappa shape index (κ2) is 8.15. The molecule has 2 aromatic rings. The highest BCUT2D eigenvalue weighted by Gasteiger charge is 2.59. The Hall–Kier alpha value is -2.27. The smallest absolute Gasteiger partial charge is 0.345 e. The summed E-state index contributed by atoms with van der Waals surface area (Å²) in [5.74, 6) is -0.766. The summed E-state index contributed by atoms with van der Waals surface area (Å²) in [5, 5.41) is 2.76. The molecular weight excluding hydrogens is 516 g/mol. The molecule has 34 heavy (non-hydrogen) atoms. The second-order valence-electron chi connectivity index (χ2n) is 8.73. The van der Waals surface area contributed by atoms with Gasteiger partial charge in [-0.25, -0.2) is 8.42 Å². The van der Waals surface area contributed by atoms with Crippen LogP contribution in [0.1, 0.15) is 34.0 Å². The van der Waals surface area contributed by atoms with Crippen LogP contribution in [0, 0.1) is 6.92 Å². The van der Waals surface area contributed by atoms with E-state index < -0.39 is 33.1 Å². The van der Waals surface area contributed by atoms with E-state index in [1.54, 1.807) is 13.8 Å². The number of alkyl halides is 3. The third kappa shape index (κ3) is 4.51. The summed E-state index contributed by atoms with van der Waals surface area (Å²) in [6.07, 6.45) is -3.95. The van der Waals surface area contributed by atoms with Gasteiger partial charge in [-0.1, -0.05) is 29.3 Å². The van der Waals surface area contributed by atoms with Crippen LogP contribution < -0.4 is 10.8 Å². The fourth-order valence-corrected chi connectivity index (χ4v) is 6.71. The number of rotatable bonds is 4. The van der Waals surface area contributed by atoms with E-state index in [1.165, 1.54) is 24.3 Å². The zero-order valence-corrected chi connectivity index (χ0v) is 20.2. The van der Waals surface area contributed by atoms with Gasteiger partial charge in [0.25, 0.3) is 5.91 Å². The number of carbonyl (C=O) groups excluding carboxylic acids is 1. The van der Waals surface area contributed by atoms with E-state index in [4.69, 9.17) is 28.0 Å². The van der Waals surface area contributed by atoms with Crippen LogP contribution in [0.5, 0.6) is 0 Å². The number of hydrogen-bond donors (Lipinski definition) is 2. The number of benzene rings is 2. The lowest BCUT2D eigenvalue weighted by atomic mass is 9.91. The van der Waals surface area contributed by atoms with Crippen molar-refractivity contribution < 1.29 is 31.2 Å². The minimum Gasteiger partial charge on any atom is -0.345 e. The highest BCUT2D eigenvalue weighted by atomic mass is 35.5. The Morgan fingerprint density at radius 1 is 1.12 bits per heavy atom. The number of amides is 1. The summed E-state index contributed by atoms with van der Waals surface area (Å²) >= 11 is 11.8. The molecule has 2 heterocycles. The number of halogens is 5. The SMILES string of the molecule is Cc1cc(C2=CC(c3cc(Cl)cc(Cl)c3)(C(F)(F)F)ON2)ccc1C(=O)NC1(C)CS(=O)(=O)C1. The predicted molar refractivity (Wildman–Crippen MR) is 122 cm³/mol. The number of hydroxylamine groups is 1. The standard InChI is InChI=1S/C22H19Cl2F3N2O4S/c1-12-5-13(3-4-17(12)19(30)28-20(2)10-34(31,32)11-20)18-9-21(33-29-18,22(25,26)27)14-6-15(23)8-16(24)7-14/h3-9,29H,10-11H2,1-2H3,(H,28,30). The van der Waals surface area contributed by atoms with Crippen molar-refractivity contribution in [3.05, 3.63) is 74.8 Å². The van der Waals surface area contributed by atoms with Crippen molar-refractivity contribution >= 4 is 44.6 Å². The fourth-order valence-electron chi connectivity index (χ4n) is 4.18. The molecule has 2 aromatic carbocycles. The van der Waals surface area contributed by atoms with Gasteiger partial charge < -0.3 is 5.32 Å². The molecule has 4 rings (SSSR count). The van der Waals surface area contributed by atoms with Gasteiger partial charge in [-0.2, -0.15) is 13.2 Å². The van der Waals surface area contributed by atoms with Gasteiger partial charge in [-0.15, -0.1) is 0 Å². The van der Waals surface area contributed by atoms with Gasteiger partial charge in [0, 0.05) is 21.2 Å². The average molecular weight is 535 g/mol. The van der Waals surface area contributed by atoms with Crippen molar-refractivity contribution in [1.29, 1.82) is 0 Å². The van der Waals surface area contributed by atoms with Crippen LogP contribution in [0.15, 0.2) is 42.5 Å². The molecule has 1 fully saturated rings. The molecule has 0 spiro atoms. The van der Waals surface area contributed by atoms with Crippen molar-refractivity contribution in [2.75, 3.05) is 11.5 Å². The van der Waals surface area contributed by atoms with Crippen molar-refractivity contribution in [3.63, 3.8) is 0 Å². The Kier molecular flexibility index (Phi) is 5.95. The maximum Gasteiger partial charge on any atom is 0.428 e. The zero-order chi connectivity index (χ0) is 25.1. The third-order valence-corrected chi connectivity index (χ3v) is 8.25. The predicted octanol–water partition coefficient (Wildman–Crippen LogP) is 4.55. The van der Waals surface area contributed by atoms with E-state index >= 15 is 0 Å². The van der Waals surface area contributed by atoms with Gasteiger partial charge in [0.15, 0.2) is 9.84 Å². The van der Waals surface area contributed by atoms with Crippen LogP contribution >= 0.6 is 23.2 Å². The summed E-state index contributed by atoms with van der Waals surface area (Å²) in [4.78, 5) is 17.7. The van der Waals surface area contributed by atoms with E-state index in [9.17, 15) is 26.4 Å². The lowest BCUT2D eigenvalue weighted by Gasteiger charge is -2.38. The summed E-state index contributed by atoms with van der Waals surface area (Å²) in [5.41, 5.74) is -0.483. The van der Waals surface area contributed by atoms with E-state index in [0.717, 1.165) is 18.2 Å². The first-order valence-corrected chi connectivity index (χ1v) is 12.5. The molecule has 0 saturated carbocycles. The number of hydrogen-bond acceptors (Lipinski definition) is 5. The second-order valence-corrected chi connectivity index (χ2v) is 11.7. The molecule has 182 valence electrons. The van der Waals surface area contributed by atoms with E-state index in [-0.39, 0.29) is 38.4 Å². The van der Waals surface area contributed by atoms with Crippen LogP contribution in [0.2, 0.25) is 10.0 Å². The highest BCUT2D eigenvalue weighted by molar-refractivity contribution is 7.93. The van der Waals surface area contributed by atoms with Crippen LogP contribution in [0.4, 0.5) is 13.2 Å². The molecular formula is C22H19Cl2F3N2O4S. The monoisotopic (exact) mass is 534 g/mol. The summed E-state index contributed by atoms with van der Waals surface area (Å²) < 4.78 is 65.4. The molecule has 1 unspecified atom stereocenters. The van der Waals surface area contributed by atoms with Gasteiger partial charge in [0.1, 0.15) is 0 Å². The maximum atomic E-state index is 14.2. The van der Waals surface area contributed by atoms with Crippen molar-refractivity contribution in [2.45, 2.75) is 31.2 Å². The topological polar surface area (TPSA) is 84.5 Å². The van der Waals surface area contributed by atoms with Crippen LogP contribution in [-0.2, 0) is 20.3 Å². The van der Waals surface area contributed by atoms with E-state index in [1.807, 2.05) is 0 Å². The quantitative estimate of drug-likeness (QED) is 0.601. The molecule has 0 radical (unpaired) electrons. The minimum absolute atomic E-state index is 0.0238. The van der Waals surface area contributed by atoms with Gasteiger partial charge in [0.2, 0.25) is 5.60 Å². The molecule has 2 aliphatic rings. The molecule has 12 heteroatoms. The van der Waals surface area contributed by atoms with E-state index in [2.05, 4.69) is 10.8 Å². The number of aryl methyl sites for hydroxylation is 1. The summed E-state index contributed by atoms with van der Waals surface area (Å²) in [7, 11) is -3.15. The van der Waals surface area contributed by atoms with Gasteiger partial charge >= 0.3 is 6.18 Å². The minimum atomic E-state index is -4.84. The summed E-state index contributed by atoms with van der Waals surface area (Å²) in [6.45, 7) is 3.27. The number of sulfone groups is 1. The van der Waals surface area contributed by atoms with Crippen LogP contribution in [-0.4, -0.2) is 37.5 Å². The lowest BCUT2D eigenvalue weighted by molar-refractivity contribution is -0.269. The van der Waals surface area contributed by atoms with Crippen molar-refractivity contribution in [2.24, 2.45) is 0 Å². The third-order valence-electron chi connectivity index (χ3n) is 5.66. The molecule has 6 nitrogen and oxygen atoms in total. The molecule has 2 N–H and O–H groups in total. The number of nitrogens with one attached hydrogen (secondary N) is 2. The normalized spacial score (nSPS) is 23.0. The first-order valence-electron chi connectivity index (χ1n) is 9.97. The Morgan fingerprint density at radius 3 is 2.26 bits per heavy atom. The van der Waals surface area contributed by atoms with Gasteiger partial charge in [-0.3, -0.25) is 15.1 Å². The Bertz CT molecular complexity index is 1300. The van der Waals surface area contributed by atoms with Crippen LogP contribution in [0.25, 0.3) is 5.70 Å². The largest absolute Gasteiger partial charge is 0.428 e. The molecule has 2 aliphatic heterocycles. The molecule has 1 saturated heterocycles. The fraction of sp³-hybridized carbons (Fsp3) is 0.318. The Balaban J connectivity index is 1.64. The summed E-state index contributed by atoms with van der Waals surface area (Å²) in [6, 6.07) is 8.04. The highest BCUT2D eigenvalue weighted by Crippen LogP contribution is 2.48. The van der Waals surface area contributed by atoms with Crippen LogP contribution in [0.3, 0.4) is 0 Å². The van der Waals surface area contributed by atoms with Gasteiger partial charge in [-0.05, 0) is 61.4 Å². The molecule has 0 bridgehead atoms.